The van der Waals surface area contributed by atoms with Gasteiger partial charge in [0.05, 0.1) is 6.10 Å². The van der Waals surface area contributed by atoms with Crippen molar-refractivity contribution in [2.45, 2.75) is 18.9 Å². The highest BCUT2D eigenvalue weighted by Gasteiger charge is 2.15. The third kappa shape index (κ3) is 4.33. The van der Waals surface area contributed by atoms with E-state index in [1.807, 2.05) is 41.2 Å². The first-order valence-electron chi connectivity index (χ1n) is 7.91. The number of benzene rings is 1. The average molecular weight is 344 g/mol. The van der Waals surface area contributed by atoms with E-state index in [1.165, 1.54) is 0 Å². The lowest BCUT2D eigenvalue weighted by molar-refractivity contribution is 0.0943. The number of nitrogens with zero attached hydrogens (tertiary/aromatic N) is 1. The topological polar surface area (TPSA) is 67.3 Å². The maximum atomic E-state index is 12.1. The Labute approximate surface area is 146 Å². The second-order valence-electron chi connectivity index (χ2n) is 5.56. The van der Waals surface area contributed by atoms with E-state index in [-0.39, 0.29) is 12.0 Å². The van der Waals surface area contributed by atoms with Crippen molar-refractivity contribution in [1.82, 2.24) is 20.7 Å². The van der Waals surface area contributed by atoms with Gasteiger partial charge in [-0.1, -0.05) is 0 Å². The molecule has 1 saturated heterocycles. The first-order valence-corrected chi connectivity index (χ1v) is 8.32. The van der Waals surface area contributed by atoms with Crippen LogP contribution in [0.3, 0.4) is 0 Å². The predicted octanol–water partition coefficient (Wildman–Crippen LogP) is 1.77. The van der Waals surface area contributed by atoms with E-state index < -0.39 is 0 Å². The van der Waals surface area contributed by atoms with E-state index in [0.717, 1.165) is 25.1 Å². The molecule has 24 heavy (non-hydrogen) atoms. The van der Waals surface area contributed by atoms with Gasteiger partial charge in [0.15, 0.2) is 5.11 Å². The van der Waals surface area contributed by atoms with E-state index in [0.29, 0.717) is 17.2 Å². The van der Waals surface area contributed by atoms with Crippen LogP contribution in [0.15, 0.2) is 48.8 Å². The number of hydrogen-bond acceptors (Lipinski definition) is 3. The zero-order valence-electron chi connectivity index (χ0n) is 13.2. The van der Waals surface area contributed by atoms with Gasteiger partial charge < -0.3 is 14.6 Å². The summed E-state index contributed by atoms with van der Waals surface area (Å²) in [4.78, 5) is 12.1. The van der Waals surface area contributed by atoms with Crippen LogP contribution in [0.1, 0.15) is 23.2 Å². The molecule has 0 aliphatic carbocycles. The van der Waals surface area contributed by atoms with Crippen molar-refractivity contribution in [3.8, 4) is 5.69 Å². The maximum Gasteiger partial charge on any atom is 0.269 e. The van der Waals surface area contributed by atoms with Crippen LogP contribution in [0.5, 0.6) is 0 Å². The fourth-order valence-electron chi connectivity index (χ4n) is 2.53. The molecule has 3 rings (SSSR count). The van der Waals surface area contributed by atoms with Gasteiger partial charge in [0.2, 0.25) is 0 Å². The Morgan fingerprint density at radius 1 is 1.21 bits per heavy atom. The van der Waals surface area contributed by atoms with Crippen LogP contribution in [0.25, 0.3) is 5.69 Å². The van der Waals surface area contributed by atoms with Gasteiger partial charge in [-0.15, -0.1) is 0 Å². The number of ether oxygens (including phenoxy) is 1. The molecule has 0 spiro atoms. The SMILES string of the molecule is O=C(NNC(=S)NC[C@H]1CCCO1)c1ccc(-n2cccc2)cc1. The van der Waals surface area contributed by atoms with Crippen molar-refractivity contribution in [3.05, 3.63) is 54.4 Å². The molecular formula is C17H20N4O2S. The molecular weight excluding hydrogens is 324 g/mol. The lowest BCUT2D eigenvalue weighted by Gasteiger charge is -2.14. The molecule has 2 heterocycles. The van der Waals surface area contributed by atoms with Gasteiger partial charge in [-0.3, -0.25) is 15.6 Å². The van der Waals surface area contributed by atoms with Crippen molar-refractivity contribution in [3.63, 3.8) is 0 Å². The minimum absolute atomic E-state index is 0.196. The van der Waals surface area contributed by atoms with Crippen LogP contribution >= 0.6 is 12.2 Å². The average Bonchev–Trinajstić information content (AvgIpc) is 3.31. The smallest absolute Gasteiger partial charge is 0.269 e. The molecule has 1 aromatic heterocycles. The third-order valence-electron chi connectivity index (χ3n) is 3.84. The Balaban J connectivity index is 1.45. The zero-order valence-corrected chi connectivity index (χ0v) is 14.0. The van der Waals surface area contributed by atoms with E-state index >= 15 is 0 Å². The largest absolute Gasteiger partial charge is 0.376 e. The molecule has 0 unspecified atom stereocenters. The first-order chi connectivity index (χ1) is 11.7. The molecule has 1 aromatic carbocycles. The van der Waals surface area contributed by atoms with Crippen molar-refractivity contribution in [1.29, 1.82) is 0 Å². The number of hydrogen-bond donors (Lipinski definition) is 3. The molecule has 1 aliphatic rings. The number of aromatic nitrogens is 1. The number of rotatable bonds is 4. The van der Waals surface area contributed by atoms with Crippen molar-refractivity contribution < 1.29 is 9.53 Å². The van der Waals surface area contributed by atoms with Crippen molar-refractivity contribution in [2.75, 3.05) is 13.2 Å². The van der Waals surface area contributed by atoms with Gasteiger partial charge in [0.25, 0.3) is 5.91 Å². The second kappa shape index (κ2) is 7.94. The van der Waals surface area contributed by atoms with Gasteiger partial charge in [-0.25, -0.2) is 0 Å². The number of nitrogens with one attached hydrogen (secondary N) is 3. The molecule has 0 saturated carbocycles. The lowest BCUT2D eigenvalue weighted by atomic mass is 10.2. The predicted molar refractivity (Wildman–Crippen MR) is 95.9 cm³/mol. The van der Waals surface area contributed by atoms with Gasteiger partial charge in [-0.2, -0.15) is 0 Å². The van der Waals surface area contributed by atoms with Crippen LogP contribution in [0, 0.1) is 0 Å². The van der Waals surface area contributed by atoms with E-state index in [1.54, 1.807) is 12.1 Å². The minimum atomic E-state index is -0.240. The Hall–Kier alpha value is -2.38. The summed E-state index contributed by atoms with van der Waals surface area (Å²) in [6.07, 6.45) is 6.23. The van der Waals surface area contributed by atoms with Gasteiger partial charge >= 0.3 is 0 Å². The highest BCUT2D eigenvalue weighted by atomic mass is 32.1. The minimum Gasteiger partial charge on any atom is -0.376 e. The lowest BCUT2D eigenvalue weighted by Crippen LogP contribution is -2.48. The highest BCUT2D eigenvalue weighted by Crippen LogP contribution is 2.11. The monoisotopic (exact) mass is 344 g/mol. The van der Waals surface area contributed by atoms with Crippen molar-refractivity contribution >= 4 is 23.2 Å². The molecule has 7 heteroatoms. The van der Waals surface area contributed by atoms with Crippen LogP contribution in [-0.2, 0) is 4.74 Å². The number of carbonyl (C=O) groups excluding carboxylic acids is 1. The molecule has 126 valence electrons. The van der Waals surface area contributed by atoms with Crippen LogP contribution in [0.4, 0.5) is 0 Å². The summed E-state index contributed by atoms with van der Waals surface area (Å²) < 4.78 is 7.48. The number of hydrazine groups is 1. The highest BCUT2D eigenvalue weighted by molar-refractivity contribution is 7.80. The Morgan fingerprint density at radius 3 is 2.62 bits per heavy atom. The van der Waals surface area contributed by atoms with E-state index in [4.69, 9.17) is 17.0 Å². The Morgan fingerprint density at radius 2 is 1.96 bits per heavy atom. The number of carbonyl (C=O) groups is 1. The molecule has 0 radical (unpaired) electrons. The molecule has 2 aromatic rings. The Kier molecular flexibility index (Phi) is 5.45. The summed E-state index contributed by atoms with van der Waals surface area (Å²) in [7, 11) is 0. The second-order valence-corrected chi connectivity index (χ2v) is 5.97. The summed E-state index contributed by atoms with van der Waals surface area (Å²) in [5, 5.41) is 3.41. The Bertz CT molecular complexity index is 679. The van der Waals surface area contributed by atoms with E-state index in [9.17, 15) is 4.79 Å². The fourth-order valence-corrected chi connectivity index (χ4v) is 2.67. The molecule has 1 aliphatic heterocycles. The normalized spacial score (nSPS) is 16.6. The summed E-state index contributed by atoms with van der Waals surface area (Å²) in [6, 6.07) is 11.2. The molecule has 6 nitrogen and oxygen atoms in total. The number of thiocarbonyl (C=S) groups is 1. The maximum absolute atomic E-state index is 12.1. The summed E-state index contributed by atoms with van der Waals surface area (Å²) in [5.41, 5.74) is 6.85. The van der Waals surface area contributed by atoms with Crippen LogP contribution in [0.2, 0.25) is 0 Å². The zero-order chi connectivity index (χ0) is 16.8. The fraction of sp³-hybridized carbons (Fsp3) is 0.294. The molecule has 0 bridgehead atoms. The summed E-state index contributed by atoms with van der Waals surface area (Å²) >= 11 is 5.14. The molecule has 1 amide bonds. The number of amides is 1. The molecule has 1 atom stereocenters. The summed E-state index contributed by atoms with van der Waals surface area (Å²) in [6.45, 7) is 1.45. The quantitative estimate of drug-likeness (QED) is 0.583. The molecule has 1 fully saturated rings. The van der Waals surface area contributed by atoms with Crippen molar-refractivity contribution in [2.24, 2.45) is 0 Å². The first kappa shape index (κ1) is 16.5. The van der Waals surface area contributed by atoms with Gasteiger partial charge in [0, 0.05) is 36.8 Å². The third-order valence-corrected chi connectivity index (χ3v) is 4.08. The standard InChI is InChI=1S/C17H20N4O2S/c22-16(19-20-17(24)18-12-15-4-3-11-23-15)13-5-7-14(8-6-13)21-9-1-2-10-21/h1-2,5-10,15H,3-4,11-12H2,(H,19,22)(H2,18,20,24)/t15-/m1/s1. The summed E-state index contributed by atoms with van der Waals surface area (Å²) in [5.74, 6) is -0.240. The van der Waals surface area contributed by atoms with Crippen LogP contribution < -0.4 is 16.2 Å². The van der Waals surface area contributed by atoms with Gasteiger partial charge in [-0.05, 0) is 61.5 Å². The molecule has 3 N–H and O–H groups in total. The van der Waals surface area contributed by atoms with E-state index in [2.05, 4.69) is 16.2 Å². The van der Waals surface area contributed by atoms with Crippen LogP contribution in [-0.4, -0.2) is 34.8 Å². The van der Waals surface area contributed by atoms with Gasteiger partial charge in [0.1, 0.15) is 0 Å².